The number of nitrogens with zero attached hydrogens (tertiary/aromatic N) is 4. The number of benzene rings is 2. The van der Waals surface area contributed by atoms with Crippen molar-refractivity contribution in [1.82, 2.24) is 14.5 Å². The molecule has 0 aliphatic carbocycles. The van der Waals surface area contributed by atoms with Crippen LogP contribution in [0.4, 0.5) is 5.69 Å². The molecule has 3 aromatic rings. The molecule has 1 saturated heterocycles. The van der Waals surface area contributed by atoms with E-state index in [1.165, 1.54) is 11.1 Å². The maximum absolute atomic E-state index is 12.8. The first kappa shape index (κ1) is 19.6. The smallest absolute Gasteiger partial charge is 0.227 e. The van der Waals surface area contributed by atoms with E-state index < -0.39 is 0 Å². The molecule has 0 spiro atoms. The Hall–Kier alpha value is -2.66. The number of fused-ring (bicyclic) bond motifs is 1. The van der Waals surface area contributed by atoms with Crippen LogP contribution in [-0.4, -0.2) is 47.5 Å². The molecule has 152 valence electrons. The van der Waals surface area contributed by atoms with Gasteiger partial charge in [0.2, 0.25) is 5.91 Å². The Kier molecular flexibility index (Phi) is 5.67. The standard InChI is InChI=1S/C24H30N4O/c1-4-18-10-12-20(13-11-18)28-17-19(16-23(28)29)24-25-21-8-5-6-9-22(21)27(24)15-7-14-26(2)3/h5-6,8-13,19H,4,7,14-17H2,1-3H3/t19-/m0/s1. The molecule has 0 unspecified atom stereocenters. The molecule has 1 atom stereocenters. The lowest BCUT2D eigenvalue weighted by Gasteiger charge is -2.18. The first-order chi connectivity index (χ1) is 14.1. The van der Waals surface area contributed by atoms with Gasteiger partial charge in [-0.05, 0) is 63.3 Å². The lowest BCUT2D eigenvalue weighted by molar-refractivity contribution is -0.117. The number of aromatic nitrogens is 2. The van der Waals surface area contributed by atoms with E-state index in [4.69, 9.17) is 4.98 Å². The van der Waals surface area contributed by atoms with Gasteiger partial charge in [-0.1, -0.05) is 31.2 Å². The van der Waals surface area contributed by atoms with Gasteiger partial charge in [0.25, 0.3) is 0 Å². The molecule has 5 nitrogen and oxygen atoms in total. The molecule has 5 heteroatoms. The average molecular weight is 391 g/mol. The third-order valence-corrected chi connectivity index (χ3v) is 5.82. The van der Waals surface area contributed by atoms with E-state index in [1.54, 1.807) is 0 Å². The van der Waals surface area contributed by atoms with Gasteiger partial charge in [0.05, 0.1) is 11.0 Å². The minimum Gasteiger partial charge on any atom is -0.328 e. The van der Waals surface area contributed by atoms with Crippen molar-refractivity contribution in [3.8, 4) is 0 Å². The summed E-state index contributed by atoms with van der Waals surface area (Å²) in [6.07, 6.45) is 2.59. The highest BCUT2D eigenvalue weighted by molar-refractivity contribution is 5.96. The SMILES string of the molecule is CCc1ccc(N2C[C@@H](c3nc4ccccc4n3CCCN(C)C)CC2=O)cc1. The first-order valence-corrected chi connectivity index (χ1v) is 10.6. The van der Waals surface area contributed by atoms with Crippen LogP contribution < -0.4 is 4.90 Å². The largest absolute Gasteiger partial charge is 0.328 e. The Balaban J connectivity index is 1.61. The van der Waals surface area contributed by atoms with E-state index in [0.717, 1.165) is 43.0 Å². The normalized spacial score (nSPS) is 17.0. The molecule has 0 saturated carbocycles. The van der Waals surface area contributed by atoms with Gasteiger partial charge in [-0.25, -0.2) is 4.98 Å². The topological polar surface area (TPSA) is 41.4 Å². The molecule has 2 heterocycles. The predicted molar refractivity (Wildman–Crippen MR) is 118 cm³/mol. The summed E-state index contributed by atoms with van der Waals surface area (Å²) in [6.45, 7) is 4.80. The molecule has 0 bridgehead atoms. The van der Waals surface area contributed by atoms with Crippen LogP contribution in [0.3, 0.4) is 0 Å². The molecule has 1 aromatic heterocycles. The number of carbonyl (C=O) groups is 1. The fourth-order valence-corrected chi connectivity index (χ4v) is 4.23. The third-order valence-electron chi connectivity index (χ3n) is 5.82. The number of anilines is 1. The van der Waals surface area contributed by atoms with Crippen LogP contribution in [0.5, 0.6) is 0 Å². The summed E-state index contributed by atoms with van der Waals surface area (Å²) < 4.78 is 2.33. The zero-order valence-electron chi connectivity index (χ0n) is 17.6. The maximum atomic E-state index is 12.8. The van der Waals surface area contributed by atoms with Gasteiger partial charge in [-0.2, -0.15) is 0 Å². The van der Waals surface area contributed by atoms with Crippen LogP contribution in [0.15, 0.2) is 48.5 Å². The predicted octanol–water partition coefficient (Wildman–Crippen LogP) is 4.07. The van der Waals surface area contributed by atoms with Gasteiger partial charge >= 0.3 is 0 Å². The van der Waals surface area contributed by atoms with Crippen LogP contribution >= 0.6 is 0 Å². The average Bonchev–Trinajstić information content (AvgIpc) is 3.28. The minimum atomic E-state index is 0.125. The number of imidazole rings is 1. The van der Waals surface area contributed by atoms with Gasteiger partial charge in [-0.3, -0.25) is 4.79 Å². The summed E-state index contributed by atoms with van der Waals surface area (Å²) in [7, 11) is 4.20. The molecule has 0 N–H and O–H groups in total. The molecular formula is C24H30N4O. The second-order valence-corrected chi connectivity index (χ2v) is 8.19. The molecule has 1 aliphatic heterocycles. The van der Waals surface area contributed by atoms with Crippen molar-refractivity contribution >= 4 is 22.6 Å². The second kappa shape index (κ2) is 8.37. The van der Waals surface area contributed by atoms with Gasteiger partial charge < -0.3 is 14.4 Å². The van der Waals surface area contributed by atoms with E-state index in [0.29, 0.717) is 13.0 Å². The molecule has 2 aromatic carbocycles. The molecule has 1 amide bonds. The van der Waals surface area contributed by atoms with Crippen LogP contribution in [0, 0.1) is 0 Å². The maximum Gasteiger partial charge on any atom is 0.227 e. The van der Waals surface area contributed by atoms with Gasteiger partial charge in [0.15, 0.2) is 0 Å². The third kappa shape index (κ3) is 4.06. The number of hydrogen-bond acceptors (Lipinski definition) is 3. The lowest BCUT2D eigenvalue weighted by Crippen LogP contribution is -2.24. The van der Waals surface area contributed by atoms with E-state index in [9.17, 15) is 4.79 Å². The Morgan fingerprint density at radius 2 is 1.86 bits per heavy atom. The zero-order chi connectivity index (χ0) is 20.4. The number of rotatable bonds is 7. The summed E-state index contributed by atoms with van der Waals surface area (Å²) in [5.74, 6) is 1.36. The van der Waals surface area contributed by atoms with Gasteiger partial charge in [0, 0.05) is 31.1 Å². The van der Waals surface area contributed by atoms with Gasteiger partial charge in [0.1, 0.15) is 5.82 Å². The Bertz CT molecular complexity index is 990. The summed E-state index contributed by atoms with van der Waals surface area (Å²) in [5, 5.41) is 0. The second-order valence-electron chi connectivity index (χ2n) is 8.19. The van der Waals surface area contributed by atoms with Crippen molar-refractivity contribution in [2.24, 2.45) is 0 Å². The number of hydrogen-bond donors (Lipinski definition) is 0. The van der Waals surface area contributed by atoms with E-state index in [1.807, 2.05) is 11.0 Å². The van der Waals surface area contributed by atoms with Crippen LogP contribution in [-0.2, 0) is 17.8 Å². The Morgan fingerprint density at radius 3 is 2.59 bits per heavy atom. The van der Waals surface area contributed by atoms with E-state index in [2.05, 4.69) is 73.0 Å². The molecule has 29 heavy (non-hydrogen) atoms. The molecule has 1 aliphatic rings. The molecular weight excluding hydrogens is 360 g/mol. The van der Waals surface area contributed by atoms with Crippen LogP contribution in [0.25, 0.3) is 11.0 Å². The quantitative estimate of drug-likeness (QED) is 0.611. The summed E-state index contributed by atoms with van der Waals surface area (Å²) in [4.78, 5) is 21.9. The Labute approximate surface area is 172 Å². The minimum absolute atomic E-state index is 0.125. The van der Waals surface area contributed by atoms with Crippen molar-refractivity contribution in [3.05, 3.63) is 59.9 Å². The molecule has 4 rings (SSSR count). The molecule has 1 fully saturated rings. The van der Waals surface area contributed by atoms with Crippen molar-refractivity contribution in [3.63, 3.8) is 0 Å². The first-order valence-electron chi connectivity index (χ1n) is 10.6. The fourth-order valence-electron chi connectivity index (χ4n) is 4.23. The summed E-state index contributed by atoms with van der Waals surface area (Å²) >= 11 is 0. The zero-order valence-corrected chi connectivity index (χ0v) is 17.6. The van der Waals surface area contributed by atoms with Crippen molar-refractivity contribution in [2.75, 3.05) is 32.1 Å². The summed E-state index contributed by atoms with van der Waals surface area (Å²) in [6, 6.07) is 16.7. The van der Waals surface area contributed by atoms with Crippen LogP contribution in [0.2, 0.25) is 0 Å². The number of para-hydroxylation sites is 2. The monoisotopic (exact) mass is 390 g/mol. The van der Waals surface area contributed by atoms with Crippen molar-refractivity contribution in [2.45, 2.75) is 38.6 Å². The van der Waals surface area contributed by atoms with E-state index in [-0.39, 0.29) is 11.8 Å². The highest BCUT2D eigenvalue weighted by atomic mass is 16.2. The molecule has 0 radical (unpaired) electrons. The highest BCUT2D eigenvalue weighted by Crippen LogP contribution is 2.33. The lowest BCUT2D eigenvalue weighted by atomic mass is 10.1. The number of amides is 1. The highest BCUT2D eigenvalue weighted by Gasteiger charge is 2.34. The van der Waals surface area contributed by atoms with Crippen molar-refractivity contribution < 1.29 is 4.79 Å². The number of carbonyl (C=O) groups excluding carboxylic acids is 1. The number of aryl methyl sites for hydroxylation is 2. The fraction of sp³-hybridized carbons (Fsp3) is 0.417. The van der Waals surface area contributed by atoms with E-state index >= 15 is 0 Å². The van der Waals surface area contributed by atoms with Crippen molar-refractivity contribution in [1.29, 1.82) is 0 Å². The Morgan fingerprint density at radius 1 is 1.10 bits per heavy atom. The van der Waals surface area contributed by atoms with Gasteiger partial charge in [-0.15, -0.1) is 0 Å². The van der Waals surface area contributed by atoms with Crippen LogP contribution in [0.1, 0.15) is 37.1 Å². The summed E-state index contributed by atoms with van der Waals surface area (Å²) in [5.41, 5.74) is 4.47.